The fourth-order valence-electron chi connectivity index (χ4n) is 1.55. The van der Waals surface area contributed by atoms with E-state index in [0.29, 0.717) is 17.1 Å². The molecule has 0 spiro atoms. The van der Waals surface area contributed by atoms with Crippen LogP contribution in [0.1, 0.15) is 17.4 Å². The molecule has 2 N–H and O–H groups in total. The first-order chi connectivity index (χ1) is 9.54. The summed E-state index contributed by atoms with van der Waals surface area (Å²) in [5.41, 5.74) is 1.64. The third-order valence-corrected chi connectivity index (χ3v) is 2.89. The predicted octanol–water partition coefficient (Wildman–Crippen LogP) is 3.05. The smallest absolute Gasteiger partial charge is 0.274 e. The highest BCUT2D eigenvalue weighted by molar-refractivity contribution is 9.10. The highest BCUT2D eigenvalue weighted by Crippen LogP contribution is 2.15. The van der Waals surface area contributed by atoms with Crippen LogP contribution in [-0.2, 0) is 4.79 Å². The molecule has 0 atom stereocenters. The monoisotopic (exact) mass is 333 g/mol. The van der Waals surface area contributed by atoms with E-state index in [9.17, 15) is 9.59 Å². The minimum Gasteiger partial charge on any atom is -0.326 e. The molecular weight excluding hydrogens is 322 g/mol. The van der Waals surface area contributed by atoms with Crippen molar-refractivity contribution in [2.75, 3.05) is 10.6 Å². The van der Waals surface area contributed by atoms with Gasteiger partial charge < -0.3 is 10.6 Å². The Morgan fingerprint density at radius 2 is 1.60 bits per heavy atom. The maximum absolute atomic E-state index is 11.9. The number of benzene rings is 1. The number of nitrogens with one attached hydrogen (secondary N) is 2. The Hall–Kier alpha value is -2.21. The van der Waals surface area contributed by atoms with Gasteiger partial charge in [-0.05, 0) is 52.3 Å². The van der Waals surface area contributed by atoms with E-state index in [4.69, 9.17) is 0 Å². The zero-order chi connectivity index (χ0) is 14.5. The number of rotatable bonds is 3. The van der Waals surface area contributed by atoms with Crippen LogP contribution in [0.25, 0.3) is 0 Å². The van der Waals surface area contributed by atoms with Crippen molar-refractivity contribution >= 4 is 39.1 Å². The van der Waals surface area contributed by atoms with Crippen molar-refractivity contribution in [3.8, 4) is 0 Å². The molecule has 6 heteroatoms. The summed E-state index contributed by atoms with van der Waals surface area (Å²) in [5, 5.41) is 5.38. The van der Waals surface area contributed by atoms with E-state index in [1.165, 1.54) is 6.92 Å². The molecule has 2 aromatic rings. The van der Waals surface area contributed by atoms with Crippen molar-refractivity contribution in [1.29, 1.82) is 0 Å². The molecule has 2 rings (SSSR count). The van der Waals surface area contributed by atoms with Crippen LogP contribution in [-0.4, -0.2) is 16.8 Å². The highest BCUT2D eigenvalue weighted by Gasteiger charge is 2.07. The number of nitrogens with zero attached hydrogens (tertiary/aromatic N) is 1. The van der Waals surface area contributed by atoms with Gasteiger partial charge >= 0.3 is 0 Å². The number of anilines is 2. The minimum absolute atomic E-state index is 0.138. The lowest BCUT2D eigenvalue weighted by Gasteiger charge is -2.06. The van der Waals surface area contributed by atoms with Crippen molar-refractivity contribution in [2.24, 2.45) is 0 Å². The van der Waals surface area contributed by atoms with E-state index in [2.05, 4.69) is 31.5 Å². The summed E-state index contributed by atoms with van der Waals surface area (Å²) in [6, 6.07) is 10.2. The lowest BCUT2D eigenvalue weighted by molar-refractivity contribution is -0.114. The van der Waals surface area contributed by atoms with Crippen LogP contribution in [0, 0.1) is 0 Å². The van der Waals surface area contributed by atoms with Gasteiger partial charge in [-0.1, -0.05) is 0 Å². The van der Waals surface area contributed by atoms with Gasteiger partial charge in [0.25, 0.3) is 5.91 Å². The van der Waals surface area contributed by atoms with Crippen LogP contribution in [0.5, 0.6) is 0 Å². The number of amides is 2. The fraction of sp³-hybridized carbons (Fsp3) is 0.0714. The van der Waals surface area contributed by atoms with Crippen LogP contribution in [0.15, 0.2) is 47.1 Å². The maximum atomic E-state index is 11.9. The SMILES string of the molecule is CC(=O)Nc1ccc(NC(=O)c2ccc(Br)cn2)cc1. The molecule has 0 unspecified atom stereocenters. The number of pyridine rings is 1. The average molecular weight is 334 g/mol. The summed E-state index contributed by atoms with van der Waals surface area (Å²) in [7, 11) is 0. The van der Waals surface area contributed by atoms with E-state index in [1.54, 1.807) is 42.6 Å². The number of halogens is 1. The normalized spacial score (nSPS) is 9.90. The van der Waals surface area contributed by atoms with Gasteiger partial charge in [0, 0.05) is 29.0 Å². The molecule has 1 aromatic carbocycles. The molecule has 0 bridgehead atoms. The molecule has 5 nitrogen and oxygen atoms in total. The molecule has 20 heavy (non-hydrogen) atoms. The largest absolute Gasteiger partial charge is 0.326 e. The van der Waals surface area contributed by atoms with Crippen molar-refractivity contribution in [3.63, 3.8) is 0 Å². The van der Waals surface area contributed by atoms with Crippen molar-refractivity contribution in [2.45, 2.75) is 6.92 Å². The lowest BCUT2D eigenvalue weighted by atomic mass is 10.2. The molecule has 1 heterocycles. The third-order valence-electron chi connectivity index (χ3n) is 2.42. The Morgan fingerprint density at radius 1 is 1.00 bits per heavy atom. The van der Waals surface area contributed by atoms with E-state index in [0.717, 1.165) is 4.47 Å². The van der Waals surface area contributed by atoms with Gasteiger partial charge in [0.05, 0.1) is 0 Å². The Morgan fingerprint density at radius 3 is 2.10 bits per heavy atom. The standard InChI is InChI=1S/C14H12BrN3O2/c1-9(19)17-11-3-5-12(6-4-11)18-14(20)13-7-2-10(15)8-16-13/h2-8H,1H3,(H,17,19)(H,18,20). The second kappa shape index (κ2) is 6.29. The Labute approximate surface area is 124 Å². The molecule has 0 saturated heterocycles. The van der Waals surface area contributed by atoms with Crippen molar-refractivity contribution in [1.82, 2.24) is 4.98 Å². The molecule has 0 aliphatic rings. The lowest BCUT2D eigenvalue weighted by Crippen LogP contribution is -2.13. The van der Waals surface area contributed by atoms with Gasteiger partial charge in [0.2, 0.25) is 5.91 Å². The highest BCUT2D eigenvalue weighted by atomic mass is 79.9. The summed E-state index contributed by atoms with van der Waals surface area (Å²) in [6.07, 6.45) is 1.56. The first kappa shape index (κ1) is 14.2. The molecule has 2 amide bonds. The molecule has 102 valence electrons. The van der Waals surface area contributed by atoms with Gasteiger partial charge in [-0.3, -0.25) is 9.59 Å². The third kappa shape index (κ3) is 3.89. The first-order valence-electron chi connectivity index (χ1n) is 5.85. The predicted molar refractivity (Wildman–Crippen MR) is 80.6 cm³/mol. The number of hydrogen-bond donors (Lipinski definition) is 2. The molecule has 1 aromatic heterocycles. The zero-order valence-electron chi connectivity index (χ0n) is 10.7. The number of carbonyl (C=O) groups excluding carboxylic acids is 2. The number of carbonyl (C=O) groups is 2. The molecule has 0 aliphatic carbocycles. The van der Waals surface area contributed by atoms with E-state index < -0.39 is 0 Å². The minimum atomic E-state index is -0.287. The van der Waals surface area contributed by atoms with Gasteiger partial charge in [0.15, 0.2) is 0 Å². The number of hydrogen-bond acceptors (Lipinski definition) is 3. The Balaban J connectivity index is 2.04. The summed E-state index contributed by atoms with van der Waals surface area (Å²) in [4.78, 5) is 26.8. The fourth-order valence-corrected chi connectivity index (χ4v) is 1.78. The summed E-state index contributed by atoms with van der Waals surface area (Å²) in [5.74, 6) is -0.425. The molecule has 0 radical (unpaired) electrons. The molecular formula is C14H12BrN3O2. The van der Waals surface area contributed by atoms with Crippen LogP contribution in [0.4, 0.5) is 11.4 Å². The molecule has 0 saturated carbocycles. The second-order valence-electron chi connectivity index (χ2n) is 4.07. The van der Waals surface area contributed by atoms with E-state index in [1.807, 2.05) is 0 Å². The van der Waals surface area contributed by atoms with Gasteiger partial charge in [-0.15, -0.1) is 0 Å². The maximum Gasteiger partial charge on any atom is 0.274 e. The second-order valence-corrected chi connectivity index (χ2v) is 4.99. The summed E-state index contributed by atoms with van der Waals surface area (Å²) in [6.45, 7) is 1.44. The zero-order valence-corrected chi connectivity index (χ0v) is 12.3. The Bertz CT molecular complexity index is 624. The van der Waals surface area contributed by atoms with Gasteiger partial charge in [-0.25, -0.2) is 4.98 Å². The topological polar surface area (TPSA) is 71.1 Å². The summed E-state index contributed by atoms with van der Waals surface area (Å²) < 4.78 is 0.814. The quantitative estimate of drug-likeness (QED) is 0.906. The molecule has 0 fully saturated rings. The van der Waals surface area contributed by atoms with Crippen molar-refractivity contribution < 1.29 is 9.59 Å². The van der Waals surface area contributed by atoms with Crippen LogP contribution >= 0.6 is 15.9 Å². The van der Waals surface area contributed by atoms with Crippen LogP contribution < -0.4 is 10.6 Å². The van der Waals surface area contributed by atoms with Crippen LogP contribution in [0.3, 0.4) is 0 Å². The van der Waals surface area contributed by atoms with Crippen molar-refractivity contribution in [3.05, 3.63) is 52.8 Å². The molecule has 0 aliphatic heterocycles. The van der Waals surface area contributed by atoms with Gasteiger partial charge in [0.1, 0.15) is 5.69 Å². The summed E-state index contributed by atoms with van der Waals surface area (Å²) >= 11 is 3.26. The number of aromatic nitrogens is 1. The first-order valence-corrected chi connectivity index (χ1v) is 6.64. The Kier molecular flexibility index (Phi) is 4.47. The van der Waals surface area contributed by atoms with E-state index >= 15 is 0 Å². The van der Waals surface area contributed by atoms with Crippen LogP contribution in [0.2, 0.25) is 0 Å². The van der Waals surface area contributed by atoms with Gasteiger partial charge in [-0.2, -0.15) is 0 Å². The van der Waals surface area contributed by atoms with E-state index in [-0.39, 0.29) is 11.8 Å². The average Bonchev–Trinajstić information content (AvgIpc) is 2.41.